The maximum atomic E-state index is 14.0. The van der Waals surface area contributed by atoms with E-state index in [-0.39, 0.29) is 11.9 Å². The van der Waals surface area contributed by atoms with Gasteiger partial charge in [-0.25, -0.2) is 0 Å². The number of ether oxygens (including phenoxy) is 1. The fourth-order valence-corrected chi connectivity index (χ4v) is 7.20. The second-order valence-corrected chi connectivity index (χ2v) is 15.8. The average Bonchev–Trinajstić information content (AvgIpc) is 2.80. The van der Waals surface area contributed by atoms with Crippen molar-refractivity contribution in [2.24, 2.45) is 0 Å². The molecule has 1 aromatic carbocycles. The maximum absolute atomic E-state index is 14.0. The molecule has 2 rings (SSSR count). The van der Waals surface area contributed by atoms with Crippen LogP contribution in [-0.4, -0.2) is 28.3 Å². The third kappa shape index (κ3) is 4.25. The molecule has 108 valence electrons. The van der Waals surface area contributed by atoms with Crippen LogP contribution in [0.15, 0.2) is 29.2 Å². The van der Waals surface area contributed by atoms with Gasteiger partial charge in [-0.15, -0.1) is 0 Å². The third-order valence-electron chi connectivity index (χ3n) is 3.69. The van der Waals surface area contributed by atoms with E-state index in [4.69, 9.17) is 13.0 Å². The molecule has 1 saturated heterocycles. The van der Waals surface area contributed by atoms with Crippen LogP contribution in [-0.2, 0) is 38.9 Å². The summed E-state index contributed by atoms with van der Waals surface area (Å²) in [6.07, 6.45) is -1.23. The molecule has 2 nitrogen and oxygen atoms in total. The van der Waals surface area contributed by atoms with E-state index < -0.39 is 46.4 Å². The number of alkyl halides is 1. The van der Waals surface area contributed by atoms with Gasteiger partial charge in [-0.2, -0.15) is 0 Å². The van der Waals surface area contributed by atoms with E-state index in [9.17, 15) is 8.60 Å². The zero-order chi connectivity index (χ0) is 14.7. The summed E-state index contributed by atoms with van der Waals surface area (Å²) >= 11 is -1.41. The van der Waals surface area contributed by atoms with Gasteiger partial charge >= 0.3 is 138 Å². The first-order valence-corrected chi connectivity index (χ1v) is 18.1. The Morgan fingerprint density at radius 2 is 2.15 bits per heavy atom. The Bertz CT molecular complexity index is 471. The monoisotopic (exact) mass is 506 g/mol. The van der Waals surface area contributed by atoms with Crippen LogP contribution in [0.3, 0.4) is 0 Å². The van der Waals surface area contributed by atoms with E-state index in [1.807, 2.05) is 38.1 Å². The molecular weight excluding hydrogens is 487 g/mol. The van der Waals surface area contributed by atoms with Gasteiger partial charge in [0.25, 0.3) is 0 Å². The van der Waals surface area contributed by atoms with E-state index in [1.165, 1.54) is 0 Å². The van der Waals surface area contributed by atoms with E-state index in [0.717, 1.165) is 10.5 Å². The van der Waals surface area contributed by atoms with Gasteiger partial charge in [0.1, 0.15) is 0 Å². The van der Waals surface area contributed by atoms with Gasteiger partial charge in [-0.1, -0.05) is 0 Å². The van der Waals surface area contributed by atoms with Crippen LogP contribution >= 0.6 is 8.25 Å². The van der Waals surface area contributed by atoms with E-state index in [2.05, 4.69) is 0 Å². The van der Waals surface area contributed by atoms with Crippen LogP contribution in [0.1, 0.15) is 18.9 Å². The summed E-state index contributed by atoms with van der Waals surface area (Å²) in [4.78, 5) is 0.736. The van der Waals surface area contributed by atoms with Crippen molar-refractivity contribution in [3.8, 4) is 0 Å². The summed E-state index contributed by atoms with van der Waals surface area (Å²) in [5.41, 5.74) is 1.12. The van der Waals surface area contributed by atoms with Crippen molar-refractivity contribution in [3.05, 3.63) is 29.8 Å². The molecule has 1 heterocycles. The molecule has 1 aromatic rings. The minimum absolute atomic E-state index is 0.0656. The van der Waals surface area contributed by atoms with Gasteiger partial charge in [-0.3, -0.25) is 0 Å². The first-order valence-electron chi connectivity index (χ1n) is 6.81. The van der Waals surface area contributed by atoms with Crippen LogP contribution in [0.4, 0.5) is 4.39 Å². The first kappa shape index (κ1) is 16.8. The molecular formula is C14H18ClFHgO2S. The molecule has 1 aliphatic heterocycles. The van der Waals surface area contributed by atoms with Gasteiger partial charge in [0.2, 0.25) is 0 Å². The number of aryl methyl sites for hydroxylation is 1. The Hall–Kier alpha value is 0.485. The summed E-state index contributed by atoms with van der Waals surface area (Å²) < 4.78 is 32.3. The van der Waals surface area contributed by atoms with E-state index >= 15 is 0 Å². The molecule has 1 aliphatic rings. The Balaban J connectivity index is 1.96. The molecule has 0 aromatic heterocycles. The summed E-state index contributed by atoms with van der Waals surface area (Å²) in [5.74, 6) is 0.229. The average molecular weight is 505 g/mol. The summed E-state index contributed by atoms with van der Waals surface area (Å²) in [5, 5.41) is 0. The number of rotatable bonds is 5. The second kappa shape index (κ2) is 7.66. The van der Waals surface area contributed by atoms with Gasteiger partial charge in [-0.05, 0) is 0 Å². The molecule has 0 N–H and O–H groups in total. The van der Waals surface area contributed by atoms with Crippen LogP contribution in [0, 0.1) is 6.92 Å². The van der Waals surface area contributed by atoms with Crippen molar-refractivity contribution in [1.82, 2.24) is 0 Å². The van der Waals surface area contributed by atoms with Crippen molar-refractivity contribution < 1.29 is 36.7 Å². The van der Waals surface area contributed by atoms with Crippen molar-refractivity contribution in [3.63, 3.8) is 0 Å². The number of benzene rings is 1. The summed E-state index contributed by atoms with van der Waals surface area (Å²) in [6, 6.07) is 7.51. The molecule has 0 aliphatic carbocycles. The summed E-state index contributed by atoms with van der Waals surface area (Å²) in [6.45, 7) is 4.03. The fourth-order valence-electron chi connectivity index (χ4n) is 2.28. The van der Waals surface area contributed by atoms with Crippen LogP contribution in [0.2, 0.25) is 3.43 Å². The van der Waals surface area contributed by atoms with Gasteiger partial charge < -0.3 is 0 Å². The van der Waals surface area contributed by atoms with Crippen molar-refractivity contribution in [2.75, 3.05) is 5.75 Å². The molecule has 0 spiro atoms. The molecule has 0 saturated carbocycles. The zero-order valence-corrected chi connectivity index (χ0v) is 18.8. The van der Waals surface area contributed by atoms with Crippen molar-refractivity contribution >= 4 is 19.0 Å². The molecule has 20 heavy (non-hydrogen) atoms. The van der Waals surface area contributed by atoms with Gasteiger partial charge in [0.05, 0.1) is 0 Å². The zero-order valence-electron chi connectivity index (χ0n) is 11.7. The molecule has 5 atom stereocenters. The van der Waals surface area contributed by atoms with Crippen molar-refractivity contribution in [2.45, 2.75) is 47.0 Å². The number of halogens is 2. The topological polar surface area (TPSA) is 26.3 Å². The third-order valence-corrected chi connectivity index (χ3v) is 13.3. The molecule has 0 bridgehead atoms. The minimum atomic E-state index is -1.41. The summed E-state index contributed by atoms with van der Waals surface area (Å²) in [7, 11) is 4.79. The predicted molar refractivity (Wildman–Crippen MR) is 75.9 cm³/mol. The van der Waals surface area contributed by atoms with Gasteiger partial charge in [0.15, 0.2) is 0 Å². The Morgan fingerprint density at radius 3 is 2.75 bits per heavy atom. The Labute approximate surface area is 137 Å². The van der Waals surface area contributed by atoms with E-state index in [1.54, 1.807) is 0 Å². The molecule has 6 heteroatoms. The fraction of sp³-hybridized carbons (Fsp3) is 0.571. The first-order chi connectivity index (χ1) is 9.51. The quantitative estimate of drug-likeness (QED) is 0.572. The van der Waals surface area contributed by atoms with Crippen LogP contribution in [0.25, 0.3) is 0 Å². The van der Waals surface area contributed by atoms with Crippen molar-refractivity contribution in [1.29, 1.82) is 0 Å². The van der Waals surface area contributed by atoms with E-state index in [0.29, 0.717) is 9.85 Å². The molecule has 0 radical (unpaired) electrons. The molecule has 0 amide bonds. The Kier molecular flexibility index (Phi) is 6.45. The predicted octanol–water partition coefficient (Wildman–Crippen LogP) is 3.64. The van der Waals surface area contributed by atoms with Crippen LogP contribution in [0.5, 0.6) is 0 Å². The molecule has 1 fully saturated rings. The standard InChI is InChI=1S/C14H18FO2S.ClH.Hg/c1-3-11-8-13(15)14(17-11)9-18(16)12-6-4-10(2)5-7-12;;/h3-7,11,13-14H,8-9H2,1-2H3;1H;/q;;+1/p-1/t11-,13-,14+,18?;;/m0../s1. The Morgan fingerprint density at radius 1 is 1.50 bits per heavy atom. The SMILES string of the molecule is Cc1ccc(S(=O)C[C@H]2O[C@@H]([C@H](C)[Hg][Cl])C[C@@H]2F)cc1. The molecule has 1 unspecified atom stereocenters. The second-order valence-electron chi connectivity index (χ2n) is 5.42. The number of hydrogen-bond donors (Lipinski definition) is 0. The van der Waals surface area contributed by atoms with Gasteiger partial charge in [0, 0.05) is 0 Å². The number of hydrogen-bond acceptors (Lipinski definition) is 2. The van der Waals surface area contributed by atoms with Crippen LogP contribution < -0.4 is 0 Å². The normalized spacial score (nSPS) is 28.9.